The molecule has 0 fully saturated rings. The minimum Gasteiger partial charge on any atom is -0.495 e. The number of carbonyl (C=O) groups is 1. The highest BCUT2D eigenvalue weighted by atomic mass is 16.5. The molecule has 0 aliphatic carbocycles. The molecule has 0 heterocycles. The Hall–Kier alpha value is -1.97. The molecule has 0 spiro atoms. The number of allylic oxidation sites excluding steroid dienone is 1. The third kappa shape index (κ3) is 3.02. The first kappa shape index (κ1) is 11.1. The van der Waals surface area contributed by atoms with Gasteiger partial charge < -0.3 is 15.8 Å². The van der Waals surface area contributed by atoms with Gasteiger partial charge in [0, 0.05) is 11.8 Å². The van der Waals surface area contributed by atoms with Crippen molar-refractivity contribution in [2.75, 3.05) is 18.2 Å². The summed E-state index contributed by atoms with van der Waals surface area (Å²) in [6.45, 7) is 1.78. The first-order valence-electron chi connectivity index (χ1n) is 4.54. The zero-order valence-corrected chi connectivity index (χ0v) is 8.78. The van der Waals surface area contributed by atoms with Crippen molar-refractivity contribution in [1.82, 2.24) is 0 Å². The van der Waals surface area contributed by atoms with Gasteiger partial charge in [-0.15, -0.1) is 0 Å². The second-order valence-electron chi connectivity index (χ2n) is 2.95. The summed E-state index contributed by atoms with van der Waals surface area (Å²) in [6, 6.07) is 5.08. The standard InChI is InChI=1S/C11H14N2O2/c1-3-4-11(14)13-8-5-6-9(12)10(7-8)15-2/h3-7H,12H2,1-2H3,(H,13,14)/b4-3+. The highest BCUT2D eigenvalue weighted by Crippen LogP contribution is 2.24. The largest absolute Gasteiger partial charge is 0.495 e. The summed E-state index contributed by atoms with van der Waals surface area (Å²) in [7, 11) is 1.53. The minimum atomic E-state index is -0.177. The molecule has 1 aromatic rings. The van der Waals surface area contributed by atoms with E-state index in [1.807, 2.05) is 0 Å². The lowest BCUT2D eigenvalue weighted by molar-refractivity contribution is -0.111. The highest BCUT2D eigenvalue weighted by Gasteiger charge is 2.02. The van der Waals surface area contributed by atoms with E-state index in [-0.39, 0.29) is 5.91 Å². The Labute approximate surface area is 88.7 Å². The number of nitrogens with two attached hydrogens (primary N) is 1. The van der Waals surface area contributed by atoms with Gasteiger partial charge >= 0.3 is 0 Å². The van der Waals surface area contributed by atoms with Crippen LogP contribution in [0.15, 0.2) is 30.4 Å². The van der Waals surface area contributed by atoms with Gasteiger partial charge in [-0.1, -0.05) is 6.08 Å². The number of methoxy groups -OCH3 is 1. The van der Waals surface area contributed by atoms with E-state index < -0.39 is 0 Å². The number of hydrogen-bond acceptors (Lipinski definition) is 3. The van der Waals surface area contributed by atoms with Crippen LogP contribution < -0.4 is 15.8 Å². The average Bonchev–Trinajstić information content (AvgIpc) is 2.21. The van der Waals surface area contributed by atoms with Crippen molar-refractivity contribution in [3.8, 4) is 5.75 Å². The lowest BCUT2D eigenvalue weighted by Crippen LogP contribution is -2.07. The minimum absolute atomic E-state index is 0.177. The summed E-state index contributed by atoms with van der Waals surface area (Å²) < 4.78 is 5.03. The van der Waals surface area contributed by atoms with E-state index in [2.05, 4.69) is 5.32 Å². The molecule has 0 aromatic heterocycles. The fraction of sp³-hybridized carbons (Fsp3) is 0.182. The molecule has 0 atom stereocenters. The quantitative estimate of drug-likeness (QED) is 0.585. The SMILES string of the molecule is C/C=C/C(=O)Nc1ccc(N)c(OC)c1. The first-order chi connectivity index (χ1) is 7.17. The van der Waals surface area contributed by atoms with Crippen LogP contribution in [0.2, 0.25) is 0 Å². The summed E-state index contributed by atoms with van der Waals surface area (Å²) in [6.07, 6.45) is 3.12. The van der Waals surface area contributed by atoms with E-state index in [4.69, 9.17) is 10.5 Å². The second kappa shape index (κ2) is 5.05. The van der Waals surface area contributed by atoms with Crippen molar-refractivity contribution in [3.63, 3.8) is 0 Å². The van der Waals surface area contributed by atoms with Gasteiger partial charge in [-0.3, -0.25) is 4.79 Å². The fourth-order valence-electron chi connectivity index (χ4n) is 1.12. The number of amides is 1. The van der Waals surface area contributed by atoms with Gasteiger partial charge in [0.15, 0.2) is 0 Å². The zero-order chi connectivity index (χ0) is 11.3. The molecule has 0 unspecified atom stereocenters. The molecule has 80 valence electrons. The average molecular weight is 206 g/mol. The Morgan fingerprint density at radius 3 is 2.87 bits per heavy atom. The monoisotopic (exact) mass is 206 g/mol. The Morgan fingerprint density at radius 2 is 2.27 bits per heavy atom. The van der Waals surface area contributed by atoms with Crippen LogP contribution in [0.5, 0.6) is 5.75 Å². The van der Waals surface area contributed by atoms with Crippen molar-refractivity contribution < 1.29 is 9.53 Å². The van der Waals surface area contributed by atoms with Gasteiger partial charge in [-0.25, -0.2) is 0 Å². The molecule has 0 saturated heterocycles. The maximum absolute atomic E-state index is 11.2. The topological polar surface area (TPSA) is 64.4 Å². The van der Waals surface area contributed by atoms with Crippen LogP contribution in [0.4, 0.5) is 11.4 Å². The number of benzene rings is 1. The van der Waals surface area contributed by atoms with Crippen molar-refractivity contribution in [2.24, 2.45) is 0 Å². The predicted molar refractivity (Wildman–Crippen MR) is 60.9 cm³/mol. The molecule has 1 aromatic carbocycles. The smallest absolute Gasteiger partial charge is 0.248 e. The third-order valence-corrected chi connectivity index (χ3v) is 1.82. The van der Waals surface area contributed by atoms with E-state index in [9.17, 15) is 4.79 Å². The zero-order valence-electron chi connectivity index (χ0n) is 8.78. The highest BCUT2D eigenvalue weighted by molar-refractivity contribution is 5.99. The van der Waals surface area contributed by atoms with Gasteiger partial charge in [0.25, 0.3) is 0 Å². The number of nitrogen functional groups attached to an aromatic ring is 1. The maximum Gasteiger partial charge on any atom is 0.248 e. The van der Waals surface area contributed by atoms with Gasteiger partial charge in [0.2, 0.25) is 5.91 Å². The summed E-state index contributed by atoms with van der Waals surface area (Å²) >= 11 is 0. The van der Waals surface area contributed by atoms with Crippen LogP contribution in [0.1, 0.15) is 6.92 Å². The normalized spacial score (nSPS) is 10.3. The molecule has 4 nitrogen and oxygen atoms in total. The molecule has 0 aliphatic rings. The number of carbonyl (C=O) groups excluding carboxylic acids is 1. The van der Waals surface area contributed by atoms with Crippen LogP contribution in [-0.2, 0) is 4.79 Å². The first-order valence-corrected chi connectivity index (χ1v) is 4.54. The van der Waals surface area contributed by atoms with E-state index in [0.29, 0.717) is 17.1 Å². The number of anilines is 2. The predicted octanol–water partition coefficient (Wildman–Crippen LogP) is 1.79. The molecule has 0 saturated carbocycles. The lowest BCUT2D eigenvalue weighted by atomic mass is 10.2. The molecule has 1 amide bonds. The molecule has 4 heteroatoms. The van der Waals surface area contributed by atoms with Gasteiger partial charge in [0.1, 0.15) is 5.75 Å². The lowest BCUT2D eigenvalue weighted by Gasteiger charge is -2.07. The summed E-state index contributed by atoms with van der Waals surface area (Å²) in [4.78, 5) is 11.2. The summed E-state index contributed by atoms with van der Waals surface area (Å²) in [5.74, 6) is 0.373. The van der Waals surface area contributed by atoms with Crippen LogP contribution in [0, 0.1) is 0 Å². The molecular formula is C11H14N2O2. The third-order valence-electron chi connectivity index (χ3n) is 1.82. The van der Waals surface area contributed by atoms with Crippen molar-refractivity contribution in [1.29, 1.82) is 0 Å². The Balaban J connectivity index is 2.83. The van der Waals surface area contributed by atoms with E-state index in [1.54, 1.807) is 31.2 Å². The van der Waals surface area contributed by atoms with E-state index in [1.165, 1.54) is 13.2 Å². The van der Waals surface area contributed by atoms with Crippen molar-refractivity contribution in [2.45, 2.75) is 6.92 Å². The Morgan fingerprint density at radius 1 is 1.53 bits per heavy atom. The van der Waals surface area contributed by atoms with Crippen molar-refractivity contribution >= 4 is 17.3 Å². The number of hydrogen-bond donors (Lipinski definition) is 2. The number of ether oxygens (including phenoxy) is 1. The molecule has 3 N–H and O–H groups in total. The maximum atomic E-state index is 11.2. The summed E-state index contributed by atoms with van der Waals surface area (Å²) in [5.41, 5.74) is 6.84. The van der Waals surface area contributed by atoms with Crippen LogP contribution in [0.3, 0.4) is 0 Å². The molecular weight excluding hydrogens is 192 g/mol. The van der Waals surface area contributed by atoms with Gasteiger partial charge in [-0.2, -0.15) is 0 Å². The summed E-state index contributed by atoms with van der Waals surface area (Å²) in [5, 5.41) is 2.68. The van der Waals surface area contributed by atoms with Gasteiger partial charge in [0.05, 0.1) is 12.8 Å². The number of nitrogens with one attached hydrogen (secondary N) is 1. The molecule has 1 rings (SSSR count). The molecule has 0 bridgehead atoms. The van der Waals surface area contributed by atoms with E-state index >= 15 is 0 Å². The number of rotatable bonds is 3. The van der Waals surface area contributed by atoms with Crippen LogP contribution in [-0.4, -0.2) is 13.0 Å². The molecule has 0 aliphatic heterocycles. The Kier molecular flexibility index (Phi) is 3.74. The fourth-order valence-corrected chi connectivity index (χ4v) is 1.12. The Bertz CT molecular complexity index is 386. The molecule has 0 radical (unpaired) electrons. The molecule has 15 heavy (non-hydrogen) atoms. The van der Waals surface area contributed by atoms with E-state index in [0.717, 1.165) is 0 Å². The van der Waals surface area contributed by atoms with Crippen LogP contribution >= 0.6 is 0 Å². The van der Waals surface area contributed by atoms with Crippen LogP contribution in [0.25, 0.3) is 0 Å². The van der Waals surface area contributed by atoms with Crippen molar-refractivity contribution in [3.05, 3.63) is 30.4 Å². The second-order valence-corrected chi connectivity index (χ2v) is 2.95. The van der Waals surface area contributed by atoms with Gasteiger partial charge in [-0.05, 0) is 25.1 Å².